The van der Waals surface area contributed by atoms with Crippen LogP contribution in [-0.4, -0.2) is 21.6 Å². The van der Waals surface area contributed by atoms with Crippen molar-refractivity contribution >= 4 is 17.6 Å². The zero-order chi connectivity index (χ0) is 18.5. The van der Waals surface area contributed by atoms with Crippen LogP contribution in [0.4, 0.5) is 5.82 Å². The molecule has 1 saturated carbocycles. The fourth-order valence-corrected chi connectivity index (χ4v) is 3.36. The van der Waals surface area contributed by atoms with Crippen LogP contribution in [0, 0.1) is 12.8 Å². The molecule has 2 aromatic rings. The number of carbonyl (C=O) groups excluding carboxylic acids is 2. The molecule has 0 atom stereocenters. The SMILES string of the molecule is Cc1ccccc1CNC(=O)c1cc(NC(=O)C2CCCCC2)n(C)n1. The van der Waals surface area contributed by atoms with Gasteiger partial charge in [0.15, 0.2) is 5.69 Å². The van der Waals surface area contributed by atoms with Gasteiger partial charge in [0, 0.05) is 25.6 Å². The van der Waals surface area contributed by atoms with Gasteiger partial charge >= 0.3 is 0 Å². The summed E-state index contributed by atoms with van der Waals surface area (Å²) in [5.74, 6) is 0.403. The number of rotatable bonds is 5. The van der Waals surface area contributed by atoms with E-state index < -0.39 is 0 Å². The molecule has 138 valence electrons. The maximum Gasteiger partial charge on any atom is 0.272 e. The number of nitrogens with one attached hydrogen (secondary N) is 2. The number of benzene rings is 1. The van der Waals surface area contributed by atoms with E-state index in [-0.39, 0.29) is 17.7 Å². The van der Waals surface area contributed by atoms with Crippen molar-refractivity contribution in [2.75, 3.05) is 5.32 Å². The lowest BCUT2D eigenvalue weighted by Crippen LogP contribution is -2.25. The summed E-state index contributed by atoms with van der Waals surface area (Å²) in [7, 11) is 1.73. The van der Waals surface area contributed by atoms with Gasteiger partial charge in [-0.1, -0.05) is 43.5 Å². The van der Waals surface area contributed by atoms with Gasteiger partial charge in [0.25, 0.3) is 5.91 Å². The molecule has 1 fully saturated rings. The van der Waals surface area contributed by atoms with Crippen molar-refractivity contribution in [2.45, 2.75) is 45.6 Å². The number of carbonyl (C=O) groups is 2. The fourth-order valence-electron chi connectivity index (χ4n) is 3.36. The Morgan fingerprint density at radius 2 is 1.92 bits per heavy atom. The summed E-state index contributed by atoms with van der Waals surface area (Å²) in [4.78, 5) is 24.8. The van der Waals surface area contributed by atoms with Gasteiger partial charge in [-0.05, 0) is 30.9 Å². The van der Waals surface area contributed by atoms with Gasteiger partial charge in [-0.25, -0.2) is 0 Å². The van der Waals surface area contributed by atoms with Crippen molar-refractivity contribution in [1.82, 2.24) is 15.1 Å². The second kappa shape index (κ2) is 8.17. The van der Waals surface area contributed by atoms with Crippen LogP contribution in [0.2, 0.25) is 0 Å². The highest BCUT2D eigenvalue weighted by molar-refractivity contribution is 5.96. The summed E-state index contributed by atoms with van der Waals surface area (Å²) >= 11 is 0. The normalized spacial score (nSPS) is 14.8. The van der Waals surface area contributed by atoms with E-state index in [0.29, 0.717) is 18.1 Å². The van der Waals surface area contributed by atoms with Crippen LogP contribution >= 0.6 is 0 Å². The van der Waals surface area contributed by atoms with E-state index in [2.05, 4.69) is 15.7 Å². The van der Waals surface area contributed by atoms with Gasteiger partial charge in [0.05, 0.1) is 0 Å². The maximum atomic E-state index is 12.4. The molecule has 0 bridgehead atoms. The van der Waals surface area contributed by atoms with Crippen molar-refractivity contribution in [3.05, 3.63) is 47.2 Å². The molecular formula is C20H26N4O2. The second-order valence-electron chi connectivity index (χ2n) is 6.97. The van der Waals surface area contributed by atoms with E-state index in [4.69, 9.17) is 0 Å². The number of aryl methyl sites for hydroxylation is 2. The number of anilines is 1. The highest BCUT2D eigenvalue weighted by Crippen LogP contribution is 2.25. The van der Waals surface area contributed by atoms with Gasteiger partial charge in [-0.15, -0.1) is 0 Å². The third-order valence-corrected chi connectivity index (χ3v) is 5.04. The minimum atomic E-state index is -0.248. The molecule has 0 spiro atoms. The Morgan fingerprint density at radius 1 is 1.19 bits per heavy atom. The first kappa shape index (κ1) is 18.2. The van der Waals surface area contributed by atoms with Crippen molar-refractivity contribution in [2.24, 2.45) is 13.0 Å². The lowest BCUT2D eigenvalue weighted by molar-refractivity contribution is -0.120. The molecular weight excluding hydrogens is 328 g/mol. The van der Waals surface area contributed by atoms with E-state index in [1.165, 1.54) is 6.42 Å². The molecule has 26 heavy (non-hydrogen) atoms. The van der Waals surface area contributed by atoms with Crippen LogP contribution in [0.1, 0.15) is 53.7 Å². The molecule has 0 radical (unpaired) electrons. The molecule has 1 aliphatic rings. The van der Waals surface area contributed by atoms with Gasteiger partial charge in [0.1, 0.15) is 5.82 Å². The Balaban J connectivity index is 1.60. The quantitative estimate of drug-likeness (QED) is 0.866. The first-order chi connectivity index (χ1) is 12.5. The van der Waals surface area contributed by atoms with Gasteiger partial charge in [-0.2, -0.15) is 5.10 Å². The Bertz CT molecular complexity index is 791. The number of hydrogen-bond acceptors (Lipinski definition) is 3. The standard InChI is InChI=1S/C20H26N4O2/c1-14-8-6-7-11-16(14)13-21-20(26)17-12-18(24(2)23-17)22-19(25)15-9-4-3-5-10-15/h6-8,11-12,15H,3-5,9-10,13H2,1-2H3,(H,21,26)(H,22,25). The van der Waals surface area contributed by atoms with Crippen LogP contribution in [-0.2, 0) is 18.4 Å². The molecule has 6 heteroatoms. The minimum absolute atomic E-state index is 0.0274. The zero-order valence-corrected chi connectivity index (χ0v) is 15.4. The third-order valence-electron chi connectivity index (χ3n) is 5.04. The van der Waals surface area contributed by atoms with Crippen LogP contribution in [0.3, 0.4) is 0 Å². The molecule has 0 aliphatic heterocycles. The molecule has 6 nitrogen and oxygen atoms in total. The van der Waals surface area contributed by atoms with Crippen molar-refractivity contribution in [3.63, 3.8) is 0 Å². The molecule has 1 aliphatic carbocycles. The molecule has 1 aromatic heterocycles. The van der Waals surface area contributed by atoms with Crippen molar-refractivity contribution in [3.8, 4) is 0 Å². The predicted molar refractivity (Wildman–Crippen MR) is 101 cm³/mol. The molecule has 2 N–H and O–H groups in total. The van der Waals surface area contributed by atoms with Crippen LogP contribution in [0.15, 0.2) is 30.3 Å². The Labute approximate surface area is 154 Å². The first-order valence-electron chi connectivity index (χ1n) is 9.22. The monoisotopic (exact) mass is 354 g/mol. The molecule has 1 aromatic carbocycles. The highest BCUT2D eigenvalue weighted by atomic mass is 16.2. The molecule has 0 unspecified atom stereocenters. The molecule has 1 heterocycles. The highest BCUT2D eigenvalue weighted by Gasteiger charge is 2.22. The summed E-state index contributed by atoms with van der Waals surface area (Å²) < 4.78 is 1.55. The van der Waals surface area contributed by atoms with Crippen molar-refractivity contribution in [1.29, 1.82) is 0 Å². The second-order valence-corrected chi connectivity index (χ2v) is 6.97. The van der Waals surface area contributed by atoms with E-state index >= 15 is 0 Å². The Kier molecular flexibility index (Phi) is 5.71. The summed E-state index contributed by atoms with van der Waals surface area (Å²) in [6, 6.07) is 9.56. The van der Waals surface area contributed by atoms with Crippen LogP contribution < -0.4 is 10.6 Å². The maximum absolute atomic E-state index is 12.4. The first-order valence-corrected chi connectivity index (χ1v) is 9.22. The predicted octanol–water partition coefficient (Wildman–Crippen LogP) is 3.18. The number of amides is 2. The largest absolute Gasteiger partial charge is 0.347 e. The average Bonchev–Trinajstić information content (AvgIpc) is 3.02. The zero-order valence-electron chi connectivity index (χ0n) is 15.4. The Morgan fingerprint density at radius 3 is 2.65 bits per heavy atom. The van der Waals surface area contributed by atoms with E-state index in [1.807, 2.05) is 31.2 Å². The summed E-state index contributed by atoms with van der Waals surface area (Å²) in [5, 5.41) is 10.0. The average molecular weight is 354 g/mol. The molecule has 2 amide bonds. The lowest BCUT2D eigenvalue weighted by Gasteiger charge is -2.20. The van der Waals surface area contributed by atoms with Crippen molar-refractivity contribution < 1.29 is 9.59 Å². The fraction of sp³-hybridized carbons (Fsp3) is 0.450. The summed E-state index contributed by atoms with van der Waals surface area (Å²) in [6.45, 7) is 2.47. The number of hydrogen-bond donors (Lipinski definition) is 2. The minimum Gasteiger partial charge on any atom is -0.347 e. The number of nitrogens with zero attached hydrogens (tertiary/aromatic N) is 2. The van der Waals surface area contributed by atoms with Gasteiger partial charge < -0.3 is 10.6 Å². The smallest absolute Gasteiger partial charge is 0.272 e. The summed E-state index contributed by atoms with van der Waals surface area (Å²) in [6.07, 6.45) is 5.30. The molecule has 3 rings (SSSR count). The lowest BCUT2D eigenvalue weighted by atomic mass is 9.89. The van der Waals surface area contributed by atoms with E-state index in [9.17, 15) is 9.59 Å². The van der Waals surface area contributed by atoms with E-state index in [1.54, 1.807) is 17.8 Å². The van der Waals surface area contributed by atoms with Crippen LogP contribution in [0.25, 0.3) is 0 Å². The van der Waals surface area contributed by atoms with E-state index in [0.717, 1.165) is 36.8 Å². The topological polar surface area (TPSA) is 76.0 Å². The van der Waals surface area contributed by atoms with Gasteiger partial charge in [-0.3, -0.25) is 14.3 Å². The summed E-state index contributed by atoms with van der Waals surface area (Å²) in [5.41, 5.74) is 2.51. The molecule has 0 saturated heterocycles. The third kappa shape index (κ3) is 4.31. The Hall–Kier alpha value is -2.63. The van der Waals surface area contributed by atoms with Gasteiger partial charge in [0.2, 0.25) is 5.91 Å². The van der Waals surface area contributed by atoms with Crippen LogP contribution in [0.5, 0.6) is 0 Å². The number of aromatic nitrogens is 2.